The molecule has 1 aliphatic rings. The summed E-state index contributed by atoms with van der Waals surface area (Å²) in [5.41, 5.74) is 1.44. The fourth-order valence-corrected chi connectivity index (χ4v) is 3.77. The normalized spacial score (nSPS) is 17.1. The van der Waals surface area contributed by atoms with Crippen LogP contribution in [0.1, 0.15) is 30.7 Å². The summed E-state index contributed by atoms with van der Waals surface area (Å²) in [6.07, 6.45) is -1.64. The van der Waals surface area contributed by atoms with Crippen molar-refractivity contribution in [1.82, 2.24) is 20.1 Å². The molecule has 3 aromatic rings. The average molecular weight is 434 g/mol. The van der Waals surface area contributed by atoms with E-state index in [1.807, 2.05) is 6.92 Å². The topological polar surface area (TPSA) is 99.9 Å². The molecule has 0 amide bonds. The zero-order valence-corrected chi connectivity index (χ0v) is 17.0. The number of pyridine rings is 2. The molecule has 1 aliphatic heterocycles. The molecule has 0 bridgehead atoms. The first-order chi connectivity index (χ1) is 14.7. The number of H-pyrrole nitrogens is 1. The number of anilines is 3. The molecule has 2 N–H and O–H groups in total. The summed E-state index contributed by atoms with van der Waals surface area (Å²) in [6.45, 7) is 3.69. The van der Waals surface area contributed by atoms with Gasteiger partial charge in [0.2, 0.25) is 11.4 Å². The number of nitrogens with one attached hydrogen (secondary N) is 2. The second kappa shape index (κ2) is 8.05. The SMILES string of the molecule is Cc1nc(Nc2cc(-c3cc(N4CCCCC4C(F)(F)F)[nH]c(=O)c3)c(C)cn2)no1. The van der Waals surface area contributed by atoms with Crippen molar-refractivity contribution in [2.75, 3.05) is 16.8 Å². The number of halogens is 3. The van der Waals surface area contributed by atoms with E-state index in [1.165, 1.54) is 11.0 Å². The molecule has 0 aromatic carbocycles. The van der Waals surface area contributed by atoms with Gasteiger partial charge < -0.3 is 19.7 Å². The standard InChI is InChI=1S/C20H21F3N6O2/c1-11-10-24-16(26-19-25-12(2)31-28-19)9-14(11)13-7-17(27-18(30)8-13)29-6-4-3-5-15(29)20(21,22)23/h7-10,15H,3-6H2,1-2H3,(H,27,30)(H,24,26,28). The lowest BCUT2D eigenvalue weighted by atomic mass is 10.00. The number of aromatic amines is 1. The van der Waals surface area contributed by atoms with Crippen LogP contribution in [0.2, 0.25) is 0 Å². The lowest BCUT2D eigenvalue weighted by Gasteiger charge is -2.38. The Morgan fingerprint density at radius 1 is 1.23 bits per heavy atom. The van der Waals surface area contributed by atoms with Gasteiger partial charge >= 0.3 is 6.18 Å². The van der Waals surface area contributed by atoms with E-state index >= 15 is 0 Å². The molecule has 8 nitrogen and oxygen atoms in total. The molecule has 0 radical (unpaired) electrons. The van der Waals surface area contributed by atoms with Gasteiger partial charge in [0.1, 0.15) is 17.7 Å². The van der Waals surface area contributed by atoms with Gasteiger partial charge in [0.05, 0.1) is 0 Å². The van der Waals surface area contributed by atoms with Crippen molar-refractivity contribution in [3.05, 3.63) is 46.2 Å². The van der Waals surface area contributed by atoms with Crippen molar-refractivity contribution >= 4 is 17.6 Å². The second-order valence-corrected chi connectivity index (χ2v) is 7.51. The van der Waals surface area contributed by atoms with Gasteiger partial charge in [-0.25, -0.2) is 4.98 Å². The average Bonchev–Trinajstić information content (AvgIpc) is 3.13. The zero-order valence-electron chi connectivity index (χ0n) is 17.0. The van der Waals surface area contributed by atoms with Crippen LogP contribution in [0, 0.1) is 13.8 Å². The summed E-state index contributed by atoms with van der Waals surface area (Å²) >= 11 is 0. The van der Waals surface area contributed by atoms with Crippen molar-refractivity contribution in [2.24, 2.45) is 0 Å². The highest BCUT2D eigenvalue weighted by molar-refractivity contribution is 5.72. The number of aromatic nitrogens is 4. The predicted octanol–water partition coefficient (Wildman–Crippen LogP) is 4.10. The van der Waals surface area contributed by atoms with Crippen LogP contribution in [0.15, 0.2) is 33.7 Å². The van der Waals surface area contributed by atoms with Crippen LogP contribution < -0.4 is 15.8 Å². The monoisotopic (exact) mass is 434 g/mol. The highest BCUT2D eigenvalue weighted by Gasteiger charge is 2.45. The lowest BCUT2D eigenvalue weighted by Crippen LogP contribution is -2.49. The minimum Gasteiger partial charge on any atom is -0.346 e. The Bertz CT molecular complexity index is 1140. The first-order valence-corrected chi connectivity index (χ1v) is 9.83. The highest BCUT2D eigenvalue weighted by Crippen LogP contribution is 2.35. The van der Waals surface area contributed by atoms with E-state index in [4.69, 9.17) is 4.52 Å². The number of hydrogen-bond acceptors (Lipinski definition) is 7. The molecule has 1 fully saturated rings. The second-order valence-electron chi connectivity index (χ2n) is 7.51. The molecule has 4 heterocycles. The lowest BCUT2D eigenvalue weighted by molar-refractivity contribution is -0.152. The summed E-state index contributed by atoms with van der Waals surface area (Å²) in [5, 5.41) is 6.66. The quantitative estimate of drug-likeness (QED) is 0.638. The van der Waals surface area contributed by atoms with Crippen molar-refractivity contribution in [3.8, 4) is 11.1 Å². The Morgan fingerprint density at radius 3 is 2.74 bits per heavy atom. The number of rotatable bonds is 4. The van der Waals surface area contributed by atoms with Gasteiger partial charge in [-0.2, -0.15) is 18.2 Å². The van der Waals surface area contributed by atoms with E-state index in [2.05, 4.69) is 25.4 Å². The number of hydrogen-bond donors (Lipinski definition) is 2. The summed E-state index contributed by atoms with van der Waals surface area (Å²) in [4.78, 5) is 24.5. The largest absolute Gasteiger partial charge is 0.408 e. The van der Waals surface area contributed by atoms with Crippen LogP contribution in [0.25, 0.3) is 11.1 Å². The third kappa shape index (κ3) is 4.54. The van der Waals surface area contributed by atoms with Crippen molar-refractivity contribution in [3.63, 3.8) is 0 Å². The fraction of sp³-hybridized carbons (Fsp3) is 0.400. The van der Waals surface area contributed by atoms with Gasteiger partial charge in [0.25, 0.3) is 5.95 Å². The molecule has 1 unspecified atom stereocenters. The molecule has 3 aromatic heterocycles. The molecule has 164 valence electrons. The first kappa shape index (κ1) is 20.9. The number of aryl methyl sites for hydroxylation is 2. The van der Waals surface area contributed by atoms with Gasteiger partial charge in [-0.3, -0.25) is 4.79 Å². The summed E-state index contributed by atoms with van der Waals surface area (Å²) in [7, 11) is 0. The molecule has 0 aliphatic carbocycles. The summed E-state index contributed by atoms with van der Waals surface area (Å²) in [5.74, 6) is 1.18. The predicted molar refractivity (Wildman–Crippen MR) is 108 cm³/mol. The van der Waals surface area contributed by atoms with E-state index in [9.17, 15) is 18.0 Å². The molecule has 1 atom stereocenters. The van der Waals surface area contributed by atoms with E-state index in [0.717, 1.165) is 5.56 Å². The Morgan fingerprint density at radius 2 is 2.03 bits per heavy atom. The Kier molecular flexibility index (Phi) is 5.42. The molecule has 11 heteroatoms. The first-order valence-electron chi connectivity index (χ1n) is 9.83. The molecule has 1 saturated heterocycles. The maximum atomic E-state index is 13.6. The van der Waals surface area contributed by atoms with E-state index < -0.39 is 17.8 Å². The molecule has 31 heavy (non-hydrogen) atoms. The summed E-state index contributed by atoms with van der Waals surface area (Å²) in [6, 6.07) is 3.01. The van der Waals surface area contributed by atoms with Crippen LogP contribution in [-0.4, -0.2) is 38.9 Å². The van der Waals surface area contributed by atoms with Gasteiger partial charge in [-0.15, -0.1) is 0 Å². The van der Waals surface area contributed by atoms with Crippen LogP contribution in [0.4, 0.5) is 30.8 Å². The minimum atomic E-state index is -4.38. The van der Waals surface area contributed by atoms with Gasteiger partial charge in [0, 0.05) is 25.7 Å². The number of piperidine rings is 1. The highest BCUT2D eigenvalue weighted by atomic mass is 19.4. The summed E-state index contributed by atoms with van der Waals surface area (Å²) < 4.78 is 45.6. The molecular formula is C20H21F3N6O2. The van der Waals surface area contributed by atoms with Crippen LogP contribution >= 0.6 is 0 Å². The zero-order chi connectivity index (χ0) is 22.2. The maximum absolute atomic E-state index is 13.6. The van der Waals surface area contributed by atoms with Gasteiger partial charge in [-0.05, 0) is 60.2 Å². The minimum absolute atomic E-state index is 0.00221. The molecule has 0 saturated carbocycles. The van der Waals surface area contributed by atoms with Crippen molar-refractivity contribution in [2.45, 2.75) is 45.3 Å². The van der Waals surface area contributed by atoms with E-state index in [1.54, 1.807) is 25.3 Å². The Hall–Kier alpha value is -3.37. The number of alkyl halides is 3. The number of nitrogens with zero attached hydrogens (tertiary/aromatic N) is 4. The molecule has 4 rings (SSSR count). The Labute approximate surface area is 175 Å². The van der Waals surface area contributed by atoms with E-state index in [0.29, 0.717) is 35.7 Å². The fourth-order valence-electron chi connectivity index (χ4n) is 3.77. The maximum Gasteiger partial charge on any atom is 0.408 e. The van der Waals surface area contributed by atoms with Gasteiger partial charge in [0.15, 0.2) is 0 Å². The van der Waals surface area contributed by atoms with Crippen LogP contribution in [-0.2, 0) is 0 Å². The third-order valence-corrected chi connectivity index (χ3v) is 5.20. The third-order valence-electron chi connectivity index (χ3n) is 5.20. The molecule has 0 spiro atoms. The van der Waals surface area contributed by atoms with Gasteiger partial charge in [-0.1, -0.05) is 0 Å². The van der Waals surface area contributed by atoms with Crippen molar-refractivity contribution < 1.29 is 17.7 Å². The molecular weight excluding hydrogens is 413 g/mol. The van der Waals surface area contributed by atoms with Crippen LogP contribution in [0.3, 0.4) is 0 Å². The van der Waals surface area contributed by atoms with E-state index in [-0.39, 0.29) is 24.7 Å². The smallest absolute Gasteiger partial charge is 0.346 e. The Balaban J connectivity index is 1.71. The van der Waals surface area contributed by atoms with Crippen LogP contribution in [0.5, 0.6) is 0 Å². The van der Waals surface area contributed by atoms with Crippen molar-refractivity contribution in [1.29, 1.82) is 0 Å².